The molecule has 2 N–H and O–H groups in total. The predicted octanol–water partition coefficient (Wildman–Crippen LogP) is -2.23. The zero-order valence-electron chi connectivity index (χ0n) is 3.86. The van der Waals surface area contributed by atoms with Gasteiger partial charge in [-0.15, -0.1) is 0 Å². The summed E-state index contributed by atoms with van der Waals surface area (Å²) in [7, 11) is 0. The number of carboxylic acid groups (broad SMARTS) is 4. The summed E-state index contributed by atoms with van der Waals surface area (Å²) in [5, 5.41) is 30.6. The quantitative estimate of drug-likeness (QED) is 0.436. The Balaban J connectivity index is -0.0000000720. The van der Waals surface area contributed by atoms with Gasteiger partial charge in [0.15, 0.2) is 0 Å². The van der Waals surface area contributed by atoms with Gasteiger partial charge in [-0.3, -0.25) is 0 Å². The first-order valence-corrected chi connectivity index (χ1v) is 1.26. The third kappa shape index (κ3) is 197. The topological polar surface area (TPSA) is 121 Å². The zero-order chi connectivity index (χ0) is 7.15. The Labute approximate surface area is 59.9 Å². The fourth-order valence-electron chi connectivity index (χ4n) is 0. The Kier molecular flexibility index (Phi) is 17.6. The number of carbonyl (C=O) groups is 2. The van der Waals surface area contributed by atoms with Crippen molar-refractivity contribution in [1.29, 1.82) is 0 Å². The van der Waals surface area contributed by atoms with Gasteiger partial charge in [-0.25, -0.2) is 4.79 Å². The Hall–Kier alpha value is -0.954. The Morgan fingerprint density at radius 2 is 1.11 bits per heavy atom. The molecule has 0 saturated heterocycles. The van der Waals surface area contributed by atoms with Gasteiger partial charge < -0.3 is 25.2 Å². The molecule has 0 fully saturated rings. The van der Waals surface area contributed by atoms with Gasteiger partial charge in [-0.05, 0) is 6.16 Å². The molecular weight excluding hydrogens is 179 g/mol. The molecule has 0 saturated carbocycles. The number of carbonyl (C=O) groups excluding carboxylic acids is 1. The first kappa shape index (κ1) is 15.7. The van der Waals surface area contributed by atoms with Crippen molar-refractivity contribution in [2.24, 2.45) is 0 Å². The van der Waals surface area contributed by atoms with E-state index < -0.39 is 12.3 Å². The van der Waals surface area contributed by atoms with Gasteiger partial charge in [0.2, 0.25) is 0 Å². The molecule has 1 radical (unpaired) electrons. The summed E-state index contributed by atoms with van der Waals surface area (Å²) in [4.78, 5) is 16.9. The van der Waals surface area contributed by atoms with Crippen LogP contribution >= 0.6 is 0 Å². The third-order valence-corrected chi connectivity index (χ3v) is 0. The number of rotatable bonds is 0. The van der Waals surface area contributed by atoms with Crippen molar-refractivity contribution < 1.29 is 46.8 Å². The molecule has 0 aliphatic rings. The molecule has 0 spiro atoms. The van der Waals surface area contributed by atoms with E-state index >= 15 is 0 Å². The molecule has 7 heteroatoms. The van der Waals surface area contributed by atoms with Crippen molar-refractivity contribution in [2.75, 3.05) is 0 Å². The van der Waals surface area contributed by atoms with Crippen LogP contribution in [0.5, 0.6) is 0 Å². The maximum Gasteiger partial charge on any atom is 2.00 e. The molecule has 0 aliphatic heterocycles. The van der Waals surface area contributed by atoms with Crippen LogP contribution in [0.4, 0.5) is 9.59 Å². The van der Waals surface area contributed by atoms with Crippen LogP contribution in [0.25, 0.3) is 0 Å². The second-order valence-electron chi connectivity index (χ2n) is 0.533. The second kappa shape index (κ2) is 10.1. The summed E-state index contributed by atoms with van der Waals surface area (Å²) in [5.41, 5.74) is 0. The van der Waals surface area contributed by atoms with E-state index in [-0.39, 0.29) is 16.8 Å². The van der Waals surface area contributed by atoms with E-state index in [1.807, 2.05) is 0 Å². The molecule has 0 aromatic heterocycles. The van der Waals surface area contributed by atoms with Crippen LogP contribution < -0.4 is 10.2 Å². The van der Waals surface area contributed by atoms with Gasteiger partial charge in [0.25, 0.3) is 0 Å². The third-order valence-electron chi connectivity index (χ3n) is 0. The Morgan fingerprint density at radius 1 is 1.11 bits per heavy atom. The molecule has 0 aromatic rings. The van der Waals surface area contributed by atoms with Crippen molar-refractivity contribution >= 4 is 12.3 Å². The minimum atomic E-state index is -2.33. The van der Waals surface area contributed by atoms with E-state index in [9.17, 15) is 0 Å². The van der Waals surface area contributed by atoms with Crippen molar-refractivity contribution in [3.8, 4) is 0 Å². The van der Waals surface area contributed by atoms with Crippen LogP contribution in [-0.4, -0.2) is 22.5 Å². The largest absolute Gasteiger partial charge is 2.00 e. The van der Waals surface area contributed by atoms with E-state index in [1.54, 1.807) is 0 Å². The monoisotopic (exact) mass is 181 g/mol. The first-order valence-electron chi connectivity index (χ1n) is 1.26. The average molecular weight is 181 g/mol. The molecule has 6 nitrogen and oxygen atoms in total. The molecule has 0 atom stereocenters. The fraction of sp³-hybridized carbons (Fsp3) is 0. The Bertz CT molecular complexity index is 69.1. The molecule has 0 aromatic carbocycles. The minimum absolute atomic E-state index is 0. The molecule has 0 heterocycles. The van der Waals surface area contributed by atoms with E-state index in [2.05, 4.69) is 0 Å². The van der Waals surface area contributed by atoms with Gasteiger partial charge in [-0.1, -0.05) is 0 Å². The standard InChI is InChI=1S/2CH2O3.Co/c2*2-1(3)4;/h2*(H2,2,3,4);/q;;+2/p-2. The molecule has 55 valence electrons. The number of hydrogen-bond donors (Lipinski definition) is 2. The van der Waals surface area contributed by atoms with E-state index in [0.29, 0.717) is 0 Å². The molecule has 0 unspecified atom stereocenters. The van der Waals surface area contributed by atoms with Crippen LogP contribution in [0.3, 0.4) is 0 Å². The van der Waals surface area contributed by atoms with Crippen LogP contribution in [-0.2, 0) is 16.8 Å². The van der Waals surface area contributed by atoms with Gasteiger partial charge >= 0.3 is 22.9 Å². The summed E-state index contributed by atoms with van der Waals surface area (Å²) in [6.07, 6.45) is -4.17. The minimum Gasteiger partial charge on any atom is -0.652 e. The van der Waals surface area contributed by atoms with Crippen molar-refractivity contribution in [1.82, 2.24) is 0 Å². The summed E-state index contributed by atoms with van der Waals surface area (Å²) in [6, 6.07) is 0. The van der Waals surface area contributed by atoms with Crippen molar-refractivity contribution in [3.63, 3.8) is 0 Å². The van der Waals surface area contributed by atoms with Crippen LogP contribution in [0.15, 0.2) is 0 Å². The van der Waals surface area contributed by atoms with E-state index in [0.717, 1.165) is 0 Å². The SMILES string of the molecule is O=C(O)O.O=C([O-])[O-].[Co+2]. The Morgan fingerprint density at radius 3 is 1.11 bits per heavy atom. The van der Waals surface area contributed by atoms with Crippen LogP contribution in [0.2, 0.25) is 0 Å². The van der Waals surface area contributed by atoms with Crippen LogP contribution in [0, 0.1) is 0 Å². The maximum atomic E-state index is 8.56. The summed E-state index contributed by atoms with van der Waals surface area (Å²) in [5.74, 6) is 0. The average Bonchev–Trinajstić information content (AvgIpc) is 1.25. The smallest absolute Gasteiger partial charge is 0.652 e. The molecular formula is C2H2CoO6. The van der Waals surface area contributed by atoms with Crippen molar-refractivity contribution in [3.05, 3.63) is 0 Å². The van der Waals surface area contributed by atoms with Gasteiger partial charge in [-0.2, -0.15) is 0 Å². The van der Waals surface area contributed by atoms with Gasteiger partial charge in [0.05, 0.1) is 0 Å². The van der Waals surface area contributed by atoms with Gasteiger partial charge in [0.1, 0.15) is 0 Å². The summed E-state index contributed by atoms with van der Waals surface area (Å²) in [6.45, 7) is 0. The zero-order valence-corrected chi connectivity index (χ0v) is 4.90. The molecule has 0 bridgehead atoms. The van der Waals surface area contributed by atoms with Crippen LogP contribution in [0.1, 0.15) is 0 Å². The summed E-state index contributed by atoms with van der Waals surface area (Å²) >= 11 is 0. The van der Waals surface area contributed by atoms with E-state index in [1.165, 1.54) is 0 Å². The predicted molar refractivity (Wildman–Crippen MR) is 16.0 cm³/mol. The van der Waals surface area contributed by atoms with Gasteiger partial charge in [0, 0.05) is 0 Å². The molecule has 0 rings (SSSR count). The normalized spacial score (nSPS) is 5.33. The molecule has 9 heavy (non-hydrogen) atoms. The maximum absolute atomic E-state index is 8.56. The first-order chi connectivity index (χ1) is 3.46. The molecule has 0 aliphatic carbocycles. The number of hydrogen-bond acceptors (Lipinski definition) is 4. The summed E-state index contributed by atoms with van der Waals surface area (Å²) < 4.78 is 0. The fourth-order valence-corrected chi connectivity index (χ4v) is 0. The second-order valence-corrected chi connectivity index (χ2v) is 0.533. The van der Waals surface area contributed by atoms with Crippen molar-refractivity contribution in [2.45, 2.75) is 0 Å². The van der Waals surface area contributed by atoms with E-state index in [4.69, 9.17) is 30.0 Å². The molecule has 0 amide bonds.